The number of hydrogen-bond donors (Lipinski definition) is 1. The van der Waals surface area contributed by atoms with Gasteiger partial charge in [-0.25, -0.2) is 0 Å². The molecule has 4 nitrogen and oxygen atoms in total. The van der Waals surface area contributed by atoms with Crippen LogP contribution in [-0.4, -0.2) is 32.6 Å². The molecule has 0 aromatic heterocycles. The fourth-order valence-electron chi connectivity index (χ4n) is 1.86. The Morgan fingerprint density at radius 2 is 1.94 bits per heavy atom. The van der Waals surface area contributed by atoms with Gasteiger partial charge in [-0.05, 0) is 31.7 Å². The van der Waals surface area contributed by atoms with Gasteiger partial charge in [0.1, 0.15) is 13.2 Å². The Hall–Kier alpha value is -1.55. The minimum Gasteiger partial charge on any atom is -0.486 e. The van der Waals surface area contributed by atoms with Crippen LogP contribution in [0.25, 0.3) is 0 Å². The van der Waals surface area contributed by atoms with Crippen molar-refractivity contribution in [1.82, 2.24) is 5.32 Å². The lowest BCUT2D eigenvalue weighted by molar-refractivity contribution is 0.0981. The third kappa shape index (κ3) is 2.58. The van der Waals surface area contributed by atoms with E-state index in [1.165, 1.54) is 0 Å². The van der Waals surface area contributed by atoms with Crippen LogP contribution in [0.5, 0.6) is 11.5 Å². The van der Waals surface area contributed by atoms with Gasteiger partial charge in [0.25, 0.3) is 0 Å². The van der Waals surface area contributed by atoms with E-state index in [2.05, 4.69) is 5.32 Å². The summed E-state index contributed by atoms with van der Waals surface area (Å²) in [5, 5.41) is 2.97. The fraction of sp³-hybridized carbons (Fsp3) is 0.462. The van der Waals surface area contributed by atoms with Crippen LogP contribution in [0.2, 0.25) is 0 Å². The highest BCUT2D eigenvalue weighted by atomic mass is 16.6. The second kappa shape index (κ2) is 5.19. The summed E-state index contributed by atoms with van der Waals surface area (Å²) in [5.41, 5.74) is 1.67. The van der Waals surface area contributed by atoms with Crippen molar-refractivity contribution in [2.75, 3.05) is 26.8 Å². The van der Waals surface area contributed by atoms with Crippen LogP contribution in [0.15, 0.2) is 12.1 Å². The summed E-state index contributed by atoms with van der Waals surface area (Å²) in [7, 11) is 1.84. The quantitative estimate of drug-likeness (QED) is 0.804. The van der Waals surface area contributed by atoms with Crippen molar-refractivity contribution in [2.24, 2.45) is 0 Å². The molecule has 0 radical (unpaired) electrons. The molecular formula is C13H17NO3. The van der Waals surface area contributed by atoms with Crippen molar-refractivity contribution in [3.8, 4) is 11.5 Å². The van der Waals surface area contributed by atoms with Crippen LogP contribution in [0.1, 0.15) is 22.3 Å². The van der Waals surface area contributed by atoms with Gasteiger partial charge in [-0.2, -0.15) is 0 Å². The van der Waals surface area contributed by atoms with Crippen molar-refractivity contribution in [3.05, 3.63) is 23.3 Å². The van der Waals surface area contributed by atoms with Crippen molar-refractivity contribution in [3.63, 3.8) is 0 Å². The molecule has 1 N–H and O–H groups in total. The zero-order chi connectivity index (χ0) is 12.3. The van der Waals surface area contributed by atoms with E-state index in [1.807, 2.05) is 20.0 Å². The Kier molecular flexibility index (Phi) is 3.64. The van der Waals surface area contributed by atoms with Gasteiger partial charge in [-0.15, -0.1) is 0 Å². The molecule has 1 heterocycles. The third-order valence-electron chi connectivity index (χ3n) is 2.79. The molecule has 0 bridgehead atoms. The average Bonchev–Trinajstić information content (AvgIpc) is 2.35. The van der Waals surface area contributed by atoms with Gasteiger partial charge in [0.05, 0.1) is 0 Å². The highest BCUT2D eigenvalue weighted by molar-refractivity contribution is 5.98. The van der Waals surface area contributed by atoms with Crippen molar-refractivity contribution in [1.29, 1.82) is 0 Å². The molecule has 1 aromatic rings. The molecule has 92 valence electrons. The molecule has 2 rings (SSSR count). The molecule has 0 amide bonds. The average molecular weight is 235 g/mol. The van der Waals surface area contributed by atoms with Crippen molar-refractivity contribution < 1.29 is 14.3 Å². The summed E-state index contributed by atoms with van der Waals surface area (Å²) in [6, 6.07) is 3.67. The Balaban J connectivity index is 2.25. The highest BCUT2D eigenvalue weighted by Crippen LogP contribution is 2.33. The molecule has 0 saturated carbocycles. The van der Waals surface area contributed by atoms with Gasteiger partial charge < -0.3 is 14.8 Å². The molecule has 0 spiro atoms. The summed E-state index contributed by atoms with van der Waals surface area (Å²) >= 11 is 0. The first-order valence-corrected chi connectivity index (χ1v) is 5.80. The molecular weight excluding hydrogens is 218 g/mol. The van der Waals surface area contributed by atoms with Crippen LogP contribution in [-0.2, 0) is 0 Å². The first-order chi connectivity index (χ1) is 8.22. The maximum absolute atomic E-state index is 12.0. The van der Waals surface area contributed by atoms with Gasteiger partial charge in [0, 0.05) is 18.5 Å². The lowest BCUT2D eigenvalue weighted by Crippen LogP contribution is -2.17. The molecule has 0 atom stereocenters. The number of carbonyl (C=O) groups excluding carboxylic acids is 1. The van der Waals surface area contributed by atoms with Crippen LogP contribution in [0.3, 0.4) is 0 Å². The van der Waals surface area contributed by atoms with E-state index in [-0.39, 0.29) is 5.78 Å². The smallest absolute Gasteiger partial charge is 0.164 e. The number of nitrogens with one attached hydrogen (secondary N) is 1. The van der Waals surface area contributed by atoms with Gasteiger partial charge in [-0.1, -0.05) is 0 Å². The zero-order valence-corrected chi connectivity index (χ0v) is 10.2. The van der Waals surface area contributed by atoms with Crippen molar-refractivity contribution >= 4 is 5.78 Å². The number of Topliss-reactive ketones (excluding diaryl/α,β-unsaturated/α-hetero) is 1. The predicted octanol–water partition coefficient (Wildman–Crippen LogP) is 1.56. The van der Waals surface area contributed by atoms with E-state index < -0.39 is 0 Å². The van der Waals surface area contributed by atoms with E-state index in [4.69, 9.17) is 9.47 Å². The summed E-state index contributed by atoms with van der Waals surface area (Å²) in [4.78, 5) is 12.0. The van der Waals surface area contributed by atoms with E-state index >= 15 is 0 Å². The number of carbonyl (C=O) groups is 1. The summed E-state index contributed by atoms with van der Waals surface area (Å²) < 4.78 is 11.0. The number of benzene rings is 1. The second-order valence-corrected chi connectivity index (χ2v) is 4.09. The van der Waals surface area contributed by atoms with Crippen LogP contribution >= 0.6 is 0 Å². The van der Waals surface area contributed by atoms with E-state index in [0.29, 0.717) is 31.9 Å². The Labute approximate surface area is 101 Å². The monoisotopic (exact) mass is 235 g/mol. The topological polar surface area (TPSA) is 47.6 Å². The molecule has 0 unspecified atom stereocenters. The number of fused-ring (bicyclic) bond motifs is 1. The molecule has 1 aromatic carbocycles. The number of ketones is 1. The minimum atomic E-state index is 0.133. The molecule has 1 aliphatic heterocycles. The first kappa shape index (κ1) is 11.9. The molecule has 0 aliphatic carbocycles. The second-order valence-electron chi connectivity index (χ2n) is 4.09. The Bertz CT molecular complexity index is 429. The van der Waals surface area contributed by atoms with Gasteiger partial charge in [0.2, 0.25) is 0 Å². The molecule has 4 heteroatoms. The summed E-state index contributed by atoms with van der Waals surface area (Å²) in [5.74, 6) is 1.54. The summed E-state index contributed by atoms with van der Waals surface area (Å²) in [6.07, 6.45) is 0.497. The highest BCUT2D eigenvalue weighted by Gasteiger charge is 2.17. The van der Waals surface area contributed by atoms with Gasteiger partial charge in [-0.3, -0.25) is 4.79 Å². The SMILES string of the molecule is CNCCC(=O)c1cc2c(cc1C)OCCO2. The number of rotatable bonds is 4. The normalized spacial score (nSPS) is 13.5. The molecule has 0 saturated heterocycles. The third-order valence-corrected chi connectivity index (χ3v) is 2.79. The maximum Gasteiger partial charge on any atom is 0.164 e. The van der Waals surface area contributed by atoms with Crippen LogP contribution in [0, 0.1) is 6.92 Å². The van der Waals surface area contributed by atoms with E-state index in [0.717, 1.165) is 16.9 Å². The van der Waals surface area contributed by atoms with E-state index in [9.17, 15) is 4.79 Å². The fourth-order valence-corrected chi connectivity index (χ4v) is 1.86. The van der Waals surface area contributed by atoms with Crippen LogP contribution in [0.4, 0.5) is 0 Å². The zero-order valence-electron chi connectivity index (χ0n) is 10.2. The lowest BCUT2D eigenvalue weighted by Gasteiger charge is -2.20. The van der Waals surface area contributed by atoms with Crippen molar-refractivity contribution in [2.45, 2.75) is 13.3 Å². The number of ether oxygens (including phenoxy) is 2. The molecule has 0 fully saturated rings. The number of aryl methyl sites for hydroxylation is 1. The standard InChI is InChI=1S/C13H17NO3/c1-9-7-12-13(17-6-5-16-12)8-10(9)11(15)3-4-14-2/h7-8,14H,3-6H2,1-2H3. The van der Waals surface area contributed by atoms with E-state index in [1.54, 1.807) is 6.07 Å². The summed E-state index contributed by atoms with van der Waals surface area (Å²) in [6.45, 7) is 3.72. The largest absolute Gasteiger partial charge is 0.486 e. The van der Waals surface area contributed by atoms with Gasteiger partial charge in [0.15, 0.2) is 17.3 Å². The minimum absolute atomic E-state index is 0.133. The Morgan fingerprint density at radius 3 is 2.59 bits per heavy atom. The first-order valence-electron chi connectivity index (χ1n) is 5.80. The lowest BCUT2D eigenvalue weighted by atomic mass is 10.0. The molecule has 17 heavy (non-hydrogen) atoms. The van der Waals surface area contributed by atoms with Gasteiger partial charge >= 0.3 is 0 Å². The van der Waals surface area contributed by atoms with Crippen LogP contribution < -0.4 is 14.8 Å². The number of hydrogen-bond acceptors (Lipinski definition) is 4. The maximum atomic E-state index is 12.0. The molecule has 1 aliphatic rings. The Morgan fingerprint density at radius 1 is 1.29 bits per heavy atom. The predicted molar refractivity (Wildman–Crippen MR) is 65.0 cm³/mol.